The average molecular weight is 521 g/mol. The topological polar surface area (TPSA) is 174 Å². The van der Waals surface area contributed by atoms with Crippen LogP contribution in [0.25, 0.3) is 0 Å². The van der Waals surface area contributed by atoms with Crippen LogP contribution in [0.5, 0.6) is 0 Å². The molecule has 0 aliphatic rings. The molecule has 0 fully saturated rings. The predicted octanol–water partition coefficient (Wildman–Crippen LogP) is 1.19. The van der Waals surface area contributed by atoms with Gasteiger partial charge in [-0.1, -0.05) is 22.8 Å². The molecular weight excluding hydrogens is 492 g/mol. The summed E-state index contributed by atoms with van der Waals surface area (Å²) in [5.74, 6) is -0.637. The van der Waals surface area contributed by atoms with E-state index in [1.165, 1.54) is 10.6 Å². The quantitative estimate of drug-likeness (QED) is 0.340. The summed E-state index contributed by atoms with van der Waals surface area (Å²) in [4.78, 5) is 46.8. The lowest BCUT2D eigenvalue weighted by molar-refractivity contribution is -0.134. The Morgan fingerprint density at radius 3 is 2.39 bits per heavy atom. The molecule has 0 aliphatic carbocycles. The molecule has 0 bridgehead atoms. The number of carbonyl (C=O) groups excluding carboxylic acids is 1. The molecule has 36 heavy (non-hydrogen) atoms. The van der Waals surface area contributed by atoms with Crippen LogP contribution >= 0.6 is 11.6 Å². The van der Waals surface area contributed by atoms with Gasteiger partial charge < -0.3 is 26.1 Å². The van der Waals surface area contributed by atoms with Crippen LogP contribution in [0.2, 0.25) is 5.02 Å². The third kappa shape index (κ3) is 7.55. The number of nitrogens with one attached hydrogen (secondary N) is 2. The number of aliphatic carboxylic acids is 1. The second-order valence-electron chi connectivity index (χ2n) is 7.88. The van der Waals surface area contributed by atoms with E-state index in [0.717, 1.165) is 28.3 Å². The van der Waals surface area contributed by atoms with Crippen LogP contribution in [-0.4, -0.2) is 31.4 Å². The summed E-state index contributed by atoms with van der Waals surface area (Å²) < 4.78 is 7.19. The number of carbonyl (C=O) groups is 2. The summed E-state index contributed by atoms with van der Waals surface area (Å²) in [5, 5.41) is 14.6. The number of carboxylic acids is 1. The van der Waals surface area contributed by atoms with Gasteiger partial charge in [0.05, 0.1) is 12.2 Å². The van der Waals surface area contributed by atoms with E-state index in [4.69, 9.17) is 31.8 Å². The Kier molecular flexibility index (Phi) is 10.00. The number of nitrogens with zero attached hydrogens (tertiary/aromatic N) is 3. The zero-order valence-corrected chi connectivity index (χ0v) is 21.2. The van der Waals surface area contributed by atoms with Crippen LogP contribution < -0.4 is 27.7 Å². The van der Waals surface area contributed by atoms with E-state index >= 15 is 0 Å². The number of hydrogen-bond donors (Lipinski definition) is 4. The van der Waals surface area contributed by atoms with Crippen molar-refractivity contribution in [1.29, 1.82) is 0 Å². The number of benzene rings is 1. The highest BCUT2D eigenvalue weighted by Crippen LogP contribution is 2.16. The van der Waals surface area contributed by atoms with Crippen LogP contribution in [-0.2, 0) is 35.8 Å². The van der Waals surface area contributed by atoms with Crippen molar-refractivity contribution in [1.82, 2.24) is 19.7 Å². The molecule has 1 aromatic carbocycles. The van der Waals surface area contributed by atoms with E-state index in [-0.39, 0.29) is 19.6 Å². The molecule has 0 spiro atoms. The lowest BCUT2D eigenvalue weighted by atomic mass is 10.1. The Morgan fingerprint density at radius 1 is 1.14 bits per heavy atom. The Balaban J connectivity index is 0.00000106. The number of hydrogen-bond acceptors (Lipinski definition) is 8. The van der Waals surface area contributed by atoms with E-state index in [9.17, 15) is 14.4 Å². The monoisotopic (exact) mass is 520 g/mol. The van der Waals surface area contributed by atoms with Crippen LogP contribution in [0.3, 0.4) is 0 Å². The second kappa shape index (κ2) is 12.7. The molecule has 2 heterocycles. The van der Waals surface area contributed by atoms with E-state index in [2.05, 4.69) is 15.9 Å². The van der Waals surface area contributed by atoms with Crippen molar-refractivity contribution >= 4 is 23.5 Å². The van der Waals surface area contributed by atoms with Crippen molar-refractivity contribution in [3.05, 3.63) is 84.0 Å². The van der Waals surface area contributed by atoms with Gasteiger partial charge in [0.1, 0.15) is 12.3 Å². The minimum atomic E-state index is -0.833. The van der Waals surface area contributed by atoms with Gasteiger partial charge in [-0.3, -0.25) is 19.0 Å². The number of aryl methyl sites for hydroxylation is 3. The van der Waals surface area contributed by atoms with Crippen LogP contribution in [0.4, 0.5) is 0 Å². The largest absolute Gasteiger partial charge is 0.481 e. The Hall–Kier alpha value is -3.90. The molecule has 3 rings (SSSR count). The molecule has 5 N–H and O–H groups in total. The van der Waals surface area contributed by atoms with Gasteiger partial charge in [0.2, 0.25) is 5.91 Å². The lowest BCUT2D eigenvalue weighted by Gasteiger charge is -2.15. The standard InChI is InChI=1S/C21H25ClN6O4.C2H4O2/c1-12-6-20(30)28(25-10-18-13(2)26-32-14(18)3)21(31)27(12)11-19(29)24-9-16-7-17(22)5-4-15(16)8-23;1-2(3)4/h4-7,25H,8-11,23H2,1-3H3,(H,24,29);1H3,(H,3,4). The fourth-order valence-corrected chi connectivity index (χ4v) is 3.48. The van der Waals surface area contributed by atoms with Crippen molar-refractivity contribution in [3.8, 4) is 0 Å². The van der Waals surface area contributed by atoms with Gasteiger partial charge in [0.25, 0.3) is 11.5 Å². The number of carboxylic acid groups (broad SMARTS) is 1. The van der Waals surface area contributed by atoms with Crippen LogP contribution in [0, 0.1) is 20.8 Å². The molecule has 0 radical (unpaired) electrons. The van der Waals surface area contributed by atoms with E-state index in [0.29, 0.717) is 28.7 Å². The average Bonchev–Trinajstić information content (AvgIpc) is 3.12. The van der Waals surface area contributed by atoms with Gasteiger partial charge in [0, 0.05) is 42.4 Å². The summed E-state index contributed by atoms with van der Waals surface area (Å²) in [5.41, 5.74) is 10.8. The zero-order valence-electron chi connectivity index (χ0n) is 20.4. The molecule has 0 atom stereocenters. The van der Waals surface area contributed by atoms with Crippen LogP contribution in [0.1, 0.15) is 40.8 Å². The highest BCUT2D eigenvalue weighted by molar-refractivity contribution is 6.30. The second-order valence-corrected chi connectivity index (χ2v) is 8.32. The molecular formula is C23H29ClN6O6. The molecule has 12 nitrogen and oxygen atoms in total. The molecule has 2 aromatic heterocycles. The molecule has 0 unspecified atom stereocenters. The maximum absolute atomic E-state index is 12.9. The van der Waals surface area contributed by atoms with Gasteiger partial charge in [-0.15, -0.1) is 0 Å². The van der Waals surface area contributed by atoms with Gasteiger partial charge in [0.15, 0.2) is 0 Å². The Labute approximate surface area is 211 Å². The molecule has 194 valence electrons. The number of nitrogens with two attached hydrogens (primary N) is 1. The first kappa shape index (κ1) is 28.3. The SMILES string of the molecule is CC(=O)O.Cc1noc(C)c1CNn1c(=O)cc(C)n(CC(=O)NCc2cc(Cl)ccc2CN)c1=O. The highest BCUT2D eigenvalue weighted by Gasteiger charge is 2.14. The number of rotatable bonds is 8. The maximum Gasteiger partial charge on any atom is 0.350 e. The molecule has 13 heteroatoms. The molecule has 0 aliphatic heterocycles. The first-order valence-electron chi connectivity index (χ1n) is 10.9. The van der Waals surface area contributed by atoms with Crippen molar-refractivity contribution in [2.24, 2.45) is 5.73 Å². The number of amides is 1. The summed E-state index contributed by atoms with van der Waals surface area (Å²) in [6.07, 6.45) is 0. The third-order valence-corrected chi connectivity index (χ3v) is 5.40. The van der Waals surface area contributed by atoms with Gasteiger partial charge in [-0.05, 0) is 44.0 Å². The first-order valence-corrected chi connectivity index (χ1v) is 11.2. The van der Waals surface area contributed by atoms with Gasteiger partial charge in [-0.25, -0.2) is 4.79 Å². The van der Waals surface area contributed by atoms with Gasteiger partial charge >= 0.3 is 5.69 Å². The summed E-state index contributed by atoms with van der Waals surface area (Å²) in [7, 11) is 0. The fraction of sp³-hybridized carbons (Fsp3) is 0.348. The van der Waals surface area contributed by atoms with Crippen molar-refractivity contribution in [2.75, 3.05) is 5.43 Å². The minimum Gasteiger partial charge on any atom is -0.481 e. The maximum atomic E-state index is 12.9. The van der Waals surface area contributed by atoms with E-state index < -0.39 is 23.1 Å². The Bertz CT molecular complexity index is 1340. The molecule has 0 saturated carbocycles. The first-order chi connectivity index (χ1) is 16.9. The lowest BCUT2D eigenvalue weighted by Crippen LogP contribution is -2.46. The van der Waals surface area contributed by atoms with Crippen LogP contribution in [0.15, 0.2) is 38.4 Å². The van der Waals surface area contributed by atoms with Crippen molar-refractivity contribution in [3.63, 3.8) is 0 Å². The molecule has 0 saturated heterocycles. The predicted molar refractivity (Wildman–Crippen MR) is 133 cm³/mol. The number of halogens is 1. The normalized spacial score (nSPS) is 10.4. The smallest absolute Gasteiger partial charge is 0.350 e. The minimum absolute atomic E-state index is 0.169. The zero-order chi connectivity index (χ0) is 27.0. The summed E-state index contributed by atoms with van der Waals surface area (Å²) >= 11 is 6.03. The number of aromatic nitrogens is 3. The highest BCUT2D eigenvalue weighted by atomic mass is 35.5. The van der Waals surface area contributed by atoms with E-state index in [1.54, 1.807) is 39.0 Å². The van der Waals surface area contributed by atoms with Crippen molar-refractivity contribution in [2.45, 2.75) is 53.9 Å². The summed E-state index contributed by atoms with van der Waals surface area (Å²) in [6.45, 7) is 6.63. The Morgan fingerprint density at radius 2 is 1.81 bits per heavy atom. The molecule has 1 amide bonds. The fourth-order valence-electron chi connectivity index (χ4n) is 3.29. The summed E-state index contributed by atoms with van der Waals surface area (Å²) in [6, 6.07) is 6.56. The van der Waals surface area contributed by atoms with Crippen molar-refractivity contribution < 1.29 is 19.2 Å². The van der Waals surface area contributed by atoms with Gasteiger partial charge in [-0.2, -0.15) is 4.68 Å². The third-order valence-electron chi connectivity index (χ3n) is 5.16. The van der Waals surface area contributed by atoms with E-state index in [1.807, 2.05) is 0 Å². The molecule has 3 aromatic rings.